The number of benzene rings is 1. The molecule has 1 saturated heterocycles. The number of carbonyl (C=O) groups is 2. The number of hydrogen-bond acceptors (Lipinski definition) is 4. The summed E-state index contributed by atoms with van der Waals surface area (Å²) in [7, 11) is 0. The molecule has 0 spiro atoms. The summed E-state index contributed by atoms with van der Waals surface area (Å²) < 4.78 is 6.85. The van der Waals surface area contributed by atoms with E-state index in [4.69, 9.17) is 4.74 Å². The standard InChI is InChI=1S/C20H20N4O3/c25-19(21-11-13-23-12-2-14-27-20(23)26)16-7-5-15(6-8-16)18-4-1-3-17-9-10-22-24(17)18/h1,3-10H,2,11-14H2,(H,21,25). The fourth-order valence-electron chi connectivity index (χ4n) is 3.17. The topological polar surface area (TPSA) is 75.9 Å². The Hall–Kier alpha value is -3.35. The van der Waals surface area contributed by atoms with E-state index in [0.29, 0.717) is 31.8 Å². The van der Waals surface area contributed by atoms with Crippen molar-refractivity contribution in [1.82, 2.24) is 19.8 Å². The average Bonchev–Trinajstić information content (AvgIpc) is 3.18. The van der Waals surface area contributed by atoms with Gasteiger partial charge < -0.3 is 15.0 Å². The molecule has 3 heterocycles. The van der Waals surface area contributed by atoms with Crippen LogP contribution in [0.1, 0.15) is 16.8 Å². The molecule has 0 saturated carbocycles. The van der Waals surface area contributed by atoms with Crippen molar-refractivity contribution in [3.8, 4) is 11.3 Å². The fraction of sp³-hybridized carbons (Fsp3) is 0.250. The zero-order valence-corrected chi connectivity index (χ0v) is 14.8. The molecule has 1 aliphatic rings. The van der Waals surface area contributed by atoms with Crippen LogP contribution in [0, 0.1) is 0 Å². The zero-order valence-electron chi connectivity index (χ0n) is 14.8. The van der Waals surface area contributed by atoms with E-state index in [2.05, 4.69) is 10.4 Å². The number of fused-ring (bicyclic) bond motifs is 1. The van der Waals surface area contributed by atoms with Crippen molar-refractivity contribution >= 4 is 17.5 Å². The minimum Gasteiger partial charge on any atom is -0.449 e. The highest BCUT2D eigenvalue weighted by atomic mass is 16.6. The molecule has 1 aromatic carbocycles. The second-order valence-electron chi connectivity index (χ2n) is 6.37. The van der Waals surface area contributed by atoms with Gasteiger partial charge >= 0.3 is 6.09 Å². The molecule has 0 radical (unpaired) electrons. The second kappa shape index (κ2) is 7.49. The molecule has 27 heavy (non-hydrogen) atoms. The summed E-state index contributed by atoms with van der Waals surface area (Å²) in [6.45, 7) is 1.98. The van der Waals surface area contributed by atoms with E-state index < -0.39 is 0 Å². The van der Waals surface area contributed by atoms with Gasteiger partial charge in [-0.2, -0.15) is 5.10 Å². The SMILES string of the molecule is O=C(NCCN1CCCOC1=O)c1ccc(-c2cccc3ccnn23)cc1. The van der Waals surface area contributed by atoms with Crippen LogP contribution in [0.4, 0.5) is 4.79 Å². The summed E-state index contributed by atoms with van der Waals surface area (Å²) in [6.07, 6.45) is 2.27. The van der Waals surface area contributed by atoms with Gasteiger partial charge in [-0.05, 0) is 36.8 Å². The highest BCUT2D eigenvalue weighted by Crippen LogP contribution is 2.21. The number of hydrogen-bond donors (Lipinski definition) is 1. The maximum absolute atomic E-state index is 12.3. The van der Waals surface area contributed by atoms with Gasteiger partial charge in [0, 0.05) is 30.8 Å². The average molecular weight is 364 g/mol. The molecule has 4 rings (SSSR count). The molecular weight excluding hydrogens is 344 g/mol. The Bertz CT molecular complexity index is 965. The number of rotatable bonds is 5. The number of carbonyl (C=O) groups excluding carboxylic acids is 2. The van der Waals surface area contributed by atoms with Gasteiger partial charge in [0.05, 0.1) is 24.0 Å². The van der Waals surface area contributed by atoms with E-state index in [0.717, 1.165) is 23.2 Å². The quantitative estimate of drug-likeness (QED) is 0.755. The number of aromatic nitrogens is 2. The minimum atomic E-state index is -0.312. The third kappa shape index (κ3) is 3.62. The van der Waals surface area contributed by atoms with Crippen molar-refractivity contribution in [3.05, 3.63) is 60.3 Å². The van der Waals surface area contributed by atoms with Crippen molar-refractivity contribution in [2.75, 3.05) is 26.2 Å². The molecule has 7 heteroatoms. The molecule has 3 aromatic rings. The third-order valence-electron chi connectivity index (χ3n) is 4.59. The Morgan fingerprint density at radius 1 is 1.15 bits per heavy atom. The van der Waals surface area contributed by atoms with Crippen LogP contribution in [0.3, 0.4) is 0 Å². The van der Waals surface area contributed by atoms with Crippen molar-refractivity contribution in [2.24, 2.45) is 0 Å². The van der Waals surface area contributed by atoms with Crippen molar-refractivity contribution < 1.29 is 14.3 Å². The normalized spacial score (nSPS) is 14.2. The monoisotopic (exact) mass is 364 g/mol. The molecule has 1 N–H and O–H groups in total. The molecule has 1 fully saturated rings. The Morgan fingerprint density at radius 2 is 2.00 bits per heavy atom. The number of ether oxygens (including phenoxy) is 1. The molecule has 0 atom stereocenters. The Labute approximate surface area is 156 Å². The molecule has 0 aliphatic carbocycles. The van der Waals surface area contributed by atoms with E-state index in [1.165, 1.54) is 0 Å². The Morgan fingerprint density at radius 3 is 2.81 bits per heavy atom. The third-order valence-corrected chi connectivity index (χ3v) is 4.59. The predicted molar refractivity (Wildman–Crippen MR) is 100 cm³/mol. The molecular formula is C20H20N4O3. The van der Waals surface area contributed by atoms with E-state index in [9.17, 15) is 9.59 Å². The maximum atomic E-state index is 12.3. The molecule has 0 unspecified atom stereocenters. The summed E-state index contributed by atoms with van der Waals surface area (Å²) in [6, 6.07) is 15.3. The lowest BCUT2D eigenvalue weighted by atomic mass is 10.1. The van der Waals surface area contributed by atoms with Gasteiger partial charge in [-0.15, -0.1) is 0 Å². The van der Waals surface area contributed by atoms with Gasteiger partial charge in [-0.1, -0.05) is 18.2 Å². The first-order valence-corrected chi connectivity index (χ1v) is 8.95. The minimum absolute atomic E-state index is 0.163. The van der Waals surface area contributed by atoms with Crippen LogP contribution in [-0.4, -0.2) is 52.8 Å². The van der Waals surface area contributed by atoms with Gasteiger partial charge in [0.25, 0.3) is 5.91 Å². The number of pyridine rings is 1. The molecule has 1 aliphatic heterocycles. The summed E-state index contributed by atoms with van der Waals surface area (Å²) in [4.78, 5) is 25.5. The fourth-order valence-corrected chi connectivity index (χ4v) is 3.17. The highest BCUT2D eigenvalue weighted by molar-refractivity contribution is 5.94. The van der Waals surface area contributed by atoms with E-state index in [-0.39, 0.29) is 12.0 Å². The smallest absolute Gasteiger partial charge is 0.409 e. The summed E-state index contributed by atoms with van der Waals surface area (Å²) >= 11 is 0. The Balaban J connectivity index is 1.39. The Kier molecular flexibility index (Phi) is 4.74. The maximum Gasteiger partial charge on any atom is 0.409 e. The molecule has 2 amide bonds. The predicted octanol–water partition coefficient (Wildman–Crippen LogP) is 2.57. The molecule has 0 bridgehead atoms. The number of amides is 2. The van der Waals surface area contributed by atoms with Crippen LogP contribution in [0.2, 0.25) is 0 Å². The molecule has 138 valence electrons. The number of nitrogens with one attached hydrogen (secondary N) is 1. The summed E-state index contributed by atoms with van der Waals surface area (Å²) in [5.41, 5.74) is 3.54. The van der Waals surface area contributed by atoms with Crippen LogP contribution in [0.25, 0.3) is 16.8 Å². The van der Waals surface area contributed by atoms with Crippen molar-refractivity contribution in [3.63, 3.8) is 0 Å². The second-order valence-corrected chi connectivity index (χ2v) is 6.37. The lowest BCUT2D eigenvalue weighted by Gasteiger charge is -2.26. The largest absolute Gasteiger partial charge is 0.449 e. The van der Waals surface area contributed by atoms with E-state index >= 15 is 0 Å². The highest BCUT2D eigenvalue weighted by Gasteiger charge is 2.19. The van der Waals surface area contributed by atoms with Crippen LogP contribution in [0.5, 0.6) is 0 Å². The van der Waals surface area contributed by atoms with Gasteiger partial charge in [0.2, 0.25) is 0 Å². The van der Waals surface area contributed by atoms with E-state index in [1.807, 2.05) is 40.9 Å². The van der Waals surface area contributed by atoms with E-state index in [1.54, 1.807) is 23.2 Å². The van der Waals surface area contributed by atoms with Crippen molar-refractivity contribution in [2.45, 2.75) is 6.42 Å². The first-order valence-electron chi connectivity index (χ1n) is 8.95. The molecule has 7 nitrogen and oxygen atoms in total. The summed E-state index contributed by atoms with van der Waals surface area (Å²) in [5.74, 6) is -0.163. The first kappa shape index (κ1) is 17.1. The van der Waals surface area contributed by atoms with Gasteiger partial charge in [0.1, 0.15) is 0 Å². The van der Waals surface area contributed by atoms with Gasteiger partial charge in [-0.25, -0.2) is 9.31 Å². The lowest BCUT2D eigenvalue weighted by Crippen LogP contribution is -2.42. The molecule has 2 aromatic heterocycles. The van der Waals surface area contributed by atoms with Gasteiger partial charge in [-0.3, -0.25) is 4.79 Å². The van der Waals surface area contributed by atoms with Crippen LogP contribution in [-0.2, 0) is 4.74 Å². The first-order chi connectivity index (χ1) is 13.2. The van der Waals surface area contributed by atoms with Crippen LogP contribution < -0.4 is 5.32 Å². The van der Waals surface area contributed by atoms with Gasteiger partial charge in [0.15, 0.2) is 0 Å². The van der Waals surface area contributed by atoms with Crippen LogP contribution in [0.15, 0.2) is 54.7 Å². The van der Waals surface area contributed by atoms with Crippen LogP contribution >= 0.6 is 0 Å². The number of cyclic esters (lactones) is 1. The zero-order chi connectivity index (χ0) is 18.6. The van der Waals surface area contributed by atoms with Crippen molar-refractivity contribution in [1.29, 1.82) is 0 Å². The number of nitrogens with zero attached hydrogens (tertiary/aromatic N) is 3. The lowest BCUT2D eigenvalue weighted by molar-refractivity contribution is 0.0719. The summed E-state index contributed by atoms with van der Waals surface area (Å²) in [5, 5.41) is 7.18.